The van der Waals surface area contributed by atoms with Crippen molar-refractivity contribution in [3.05, 3.63) is 0 Å². The molecule has 0 bridgehead atoms. The smallest absolute Gasteiger partial charge is 0.305 e. The minimum atomic E-state index is -0.0451. The maximum atomic E-state index is 11.3. The summed E-state index contributed by atoms with van der Waals surface area (Å²) in [5.74, 6) is 1.93. The Morgan fingerprint density at radius 3 is 2.60 bits per heavy atom. The van der Waals surface area contributed by atoms with Gasteiger partial charge in [0.1, 0.15) is 6.10 Å². The van der Waals surface area contributed by atoms with E-state index in [1.54, 1.807) is 0 Å². The summed E-state index contributed by atoms with van der Waals surface area (Å²) in [6.45, 7) is 8.58. The molecular weight excluding hydrogens is 188 g/mol. The van der Waals surface area contributed by atoms with Gasteiger partial charge < -0.3 is 4.74 Å². The topological polar surface area (TPSA) is 26.3 Å². The summed E-state index contributed by atoms with van der Waals surface area (Å²) in [6, 6.07) is 0. The van der Waals surface area contributed by atoms with Crippen LogP contribution >= 0.6 is 0 Å². The molecule has 15 heavy (non-hydrogen) atoms. The van der Waals surface area contributed by atoms with Crippen LogP contribution in [0.15, 0.2) is 0 Å². The second-order valence-electron chi connectivity index (χ2n) is 5.18. The van der Waals surface area contributed by atoms with E-state index in [0.29, 0.717) is 18.3 Å². The molecule has 2 heteroatoms. The van der Waals surface area contributed by atoms with Crippen molar-refractivity contribution >= 4 is 5.97 Å². The lowest BCUT2D eigenvalue weighted by molar-refractivity contribution is -0.154. The molecule has 0 saturated heterocycles. The van der Waals surface area contributed by atoms with Crippen molar-refractivity contribution in [1.29, 1.82) is 0 Å². The van der Waals surface area contributed by atoms with Crippen molar-refractivity contribution in [2.24, 2.45) is 17.8 Å². The predicted molar refractivity (Wildman–Crippen MR) is 61.5 cm³/mol. The second-order valence-corrected chi connectivity index (χ2v) is 5.18. The van der Waals surface area contributed by atoms with E-state index in [0.717, 1.165) is 12.3 Å². The fraction of sp³-hybridized carbons (Fsp3) is 0.923. The maximum Gasteiger partial charge on any atom is 0.305 e. The fourth-order valence-electron chi connectivity index (χ4n) is 2.33. The van der Waals surface area contributed by atoms with Gasteiger partial charge in [-0.15, -0.1) is 0 Å². The van der Waals surface area contributed by atoms with Gasteiger partial charge in [-0.25, -0.2) is 0 Å². The summed E-state index contributed by atoms with van der Waals surface area (Å²) in [5.41, 5.74) is 0. The predicted octanol–water partition coefficient (Wildman–Crippen LogP) is 3.40. The minimum Gasteiger partial charge on any atom is -0.462 e. The third-order valence-electron chi connectivity index (χ3n) is 3.68. The van der Waals surface area contributed by atoms with Crippen LogP contribution in [0, 0.1) is 17.8 Å². The Balaban J connectivity index is 2.49. The molecule has 0 aromatic rings. The molecule has 0 spiro atoms. The van der Waals surface area contributed by atoms with Gasteiger partial charge in [0.15, 0.2) is 0 Å². The average Bonchev–Trinajstić information content (AvgIpc) is 2.20. The molecule has 0 radical (unpaired) electrons. The van der Waals surface area contributed by atoms with Crippen LogP contribution in [0.2, 0.25) is 0 Å². The molecule has 0 aromatic carbocycles. The molecule has 1 rings (SSSR count). The first-order valence-electron chi connectivity index (χ1n) is 6.24. The first-order valence-corrected chi connectivity index (χ1v) is 6.24. The SMILES string of the molecule is CCC(=O)OC1CC(C(C)C)CCC1C. The monoisotopic (exact) mass is 212 g/mol. The van der Waals surface area contributed by atoms with E-state index in [9.17, 15) is 4.79 Å². The number of ether oxygens (including phenoxy) is 1. The molecule has 88 valence electrons. The van der Waals surface area contributed by atoms with E-state index < -0.39 is 0 Å². The van der Waals surface area contributed by atoms with Crippen molar-refractivity contribution in [2.45, 2.75) is 59.5 Å². The summed E-state index contributed by atoms with van der Waals surface area (Å²) < 4.78 is 5.49. The fourth-order valence-corrected chi connectivity index (χ4v) is 2.33. The van der Waals surface area contributed by atoms with Gasteiger partial charge in [-0.3, -0.25) is 4.79 Å². The Labute approximate surface area is 93.4 Å². The number of rotatable bonds is 3. The number of esters is 1. The van der Waals surface area contributed by atoms with Crippen LogP contribution in [0.25, 0.3) is 0 Å². The van der Waals surface area contributed by atoms with Gasteiger partial charge in [-0.2, -0.15) is 0 Å². The molecule has 0 amide bonds. The van der Waals surface area contributed by atoms with Gasteiger partial charge in [0.2, 0.25) is 0 Å². The summed E-state index contributed by atoms with van der Waals surface area (Å²) in [4.78, 5) is 11.3. The van der Waals surface area contributed by atoms with Crippen LogP contribution in [0.3, 0.4) is 0 Å². The Bertz CT molecular complexity index is 211. The van der Waals surface area contributed by atoms with Crippen LogP contribution in [-0.2, 0) is 9.53 Å². The lowest BCUT2D eigenvalue weighted by atomic mass is 9.76. The van der Waals surface area contributed by atoms with Crippen LogP contribution < -0.4 is 0 Å². The molecule has 0 aliphatic heterocycles. The standard InChI is InChI=1S/C13H24O2/c1-5-13(14)15-12-8-11(9(2)3)7-6-10(12)4/h9-12H,5-8H2,1-4H3. The average molecular weight is 212 g/mol. The van der Waals surface area contributed by atoms with Gasteiger partial charge in [-0.05, 0) is 37.0 Å². The summed E-state index contributed by atoms with van der Waals surface area (Å²) in [5, 5.41) is 0. The first-order chi connectivity index (χ1) is 7.04. The van der Waals surface area contributed by atoms with Crippen molar-refractivity contribution in [2.75, 3.05) is 0 Å². The van der Waals surface area contributed by atoms with E-state index in [1.165, 1.54) is 12.8 Å². The van der Waals surface area contributed by atoms with Crippen LogP contribution in [0.4, 0.5) is 0 Å². The maximum absolute atomic E-state index is 11.3. The number of carbonyl (C=O) groups excluding carboxylic acids is 1. The molecule has 1 aliphatic carbocycles. The van der Waals surface area contributed by atoms with Crippen LogP contribution in [0.5, 0.6) is 0 Å². The lowest BCUT2D eigenvalue weighted by Gasteiger charge is -2.35. The lowest BCUT2D eigenvalue weighted by Crippen LogP contribution is -2.33. The van der Waals surface area contributed by atoms with E-state index in [1.807, 2.05) is 6.92 Å². The summed E-state index contributed by atoms with van der Waals surface area (Å²) in [7, 11) is 0. The molecule has 1 aliphatic rings. The Hall–Kier alpha value is -0.530. The Morgan fingerprint density at radius 2 is 2.07 bits per heavy atom. The highest BCUT2D eigenvalue weighted by Gasteiger charge is 2.31. The summed E-state index contributed by atoms with van der Waals surface area (Å²) >= 11 is 0. The van der Waals surface area contributed by atoms with E-state index >= 15 is 0 Å². The molecule has 3 atom stereocenters. The molecule has 3 unspecified atom stereocenters. The molecule has 1 fully saturated rings. The van der Waals surface area contributed by atoms with Gasteiger partial charge in [0.05, 0.1) is 0 Å². The summed E-state index contributed by atoms with van der Waals surface area (Å²) in [6.07, 6.45) is 4.21. The quantitative estimate of drug-likeness (QED) is 0.670. The largest absolute Gasteiger partial charge is 0.462 e. The van der Waals surface area contributed by atoms with E-state index in [-0.39, 0.29) is 12.1 Å². The minimum absolute atomic E-state index is 0.0451. The highest BCUT2D eigenvalue weighted by atomic mass is 16.5. The zero-order valence-electron chi connectivity index (χ0n) is 10.5. The van der Waals surface area contributed by atoms with E-state index in [4.69, 9.17) is 4.74 Å². The molecular formula is C13H24O2. The van der Waals surface area contributed by atoms with Crippen molar-refractivity contribution in [3.8, 4) is 0 Å². The third-order valence-corrected chi connectivity index (χ3v) is 3.68. The van der Waals surface area contributed by atoms with Gasteiger partial charge in [-0.1, -0.05) is 27.7 Å². The molecule has 0 aromatic heterocycles. The zero-order chi connectivity index (χ0) is 11.4. The highest BCUT2D eigenvalue weighted by molar-refractivity contribution is 5.69. The zero-order valence-corrected chi connectivity index (χ0v) is 10.5. The second kappa shape index (κ2) is 5.53. The third kappa shape index (κ3) is 3.51. The van der Waals surface area contributed by atoms with Crippen molar-refractivity contribution in [3.63, 3.8) is 0 Å². The van der Waals surface area contributed by atoms with Gasteiger partial charge in [0, 0.05) is 6.42 Å². The first kappa shape index (κ1) is 12.5. The van der Waals surface area contributed by atoms with Gasteiger partial charge >= 0.3 is 5.97 Å². The van der Waals surface area contributed by atoms with Crippen LogP contribution in [0.1, 0.15) is 53.4 Å². The van der Waals surface area contributed by atoms with Crippen molar-refractivity contribution < 1.29 is 9.53 Å². The number of carbonyl (C=O) groups is 1. The van der Waals surface area contributed by atoms with E-state index in [2.05, 4.69) is 20.8 Å². The number of hydrogen-bond donors (Lipinski definition) is 0. The van der Waals surface area contributed by atoms with Crippen molar-refractivity contribution in [1.82, 2.24) is 0 Å². The molecule has 0 heterocycles. The Kier molecular flexibility index (Phi) is 4.62. The highest BCUT2D eigenvalue weighted by Crippen LogP contribution is 2.34. The molecule has 1 saturated carbocycles. The molecule has 0 N–H and O–H groups in total. The normalized spacial score (nSPS) is 31.7. The van der Waals surface area contributed by atoms with Gasteiger partial charge in [0.25, 0.3) is 0 Å². The number of hydrogen-bond acceptors (Lipinski definition) is 2. The molecule has 2 nitrogen and oxygen atoms in total. The Morgan fingerprint density at radius 1 is 1.40 bits per heavy atom. The van der Waals surface area contributed by atoms with Crippen LogP contribution in [-0.4, -0.2) is 12.1 Å².